The Labute approximate surface area is 152 Å². The van der Waals surface area contributed by atoms with Gasteiger partial charge in [-0.1, -0.05) is 40.2 Å². The van der Waals surface area contributed by atoms with Crippen LogP contribution in [0.25, 0.3) is 10.8 Å². The molecule has 1 unspecified atom stereocenters. The molecule has 0 radical (unpaired) electrons. The van der Waals surface area contributed by atoms with Gasteiger partial charge in [-0.15, -0.1) is 0 Å². The summed E-state index contributed by atoms with van der Waals surface area (Å²) in [6, 6.07) is 9.92. The molecule has 0 spiro atoms. The Balaban J connectivity index is 2.40. The lowest BCUT2D eigenvalue weighted by atomic mass is 10.1. The molecular formula is C19H25BrO4. The average molecular weight is 397 g/mol. The number of hydrogen-bond donors (Lipinski definition) is 0. The minimum atomic E-state index is 0.0423. The van der Waals surface area contributed by atoms with Crippen molar-refractivity contribution in [3.8, 4) is 17.2 Å². The van der Waals surface area contributed by atoms with Crippen molar-refractivity contribution in [1.29, 1.82) is 0 Å². The van der Waals surface area contributed by atoms with Crippen LogP contribution >= 0.6 is 15.9 Å². The first-order valence-electron chi connectivity index (χ1n) is 8.08. The van der Waals surface area contributed by atoms with Crippen LogP contribution in [-0.2, 0) is 4.74 Å². The Morgan fingerprint density at radius 1 is 1.04 bits per heavy atom. The Kier molecular flexibility index (Phi) is 7.18. The molecule has 0 aliphatic heterocycles. The molecule has 0 saturated heterocycles. The minimum absolute atomic E-state index is 0.0423. The van der Waals surface area contributed by atoms with E-state index in [0.717, 1.165) is 34.0 Å². The maximum Gasteiger partial charge on any atom is 0.169 e. The number of ether oxygens (including phenoxy) is 4. The quantitative estimate of drug-likeness (QED) is 0.569. The summed E-state index contributed by atoms with van der Waals surface area (Å²) in [6.45, 7) is 4.49. The topological polar surface area (TPSA) is 36.9 Å². The number of rotatable bonds is 9. The van der Waals surface area contributed by atoms with Crippen LogP contribution in [0.2, 0.25) is 0 Å². The predicted molar refractivity (Wildman–Crippen MR) is 101 cm³/mol. The van der Waals surface area contributed by atoms with E-state index in [1.54, 1.807) is 14.2 Å². The maximum absolute atomic E-state index is 6.05. The van der Waals surface area contributed by atoms with Gasteiger partial charge >= 0.3 is 0 Å². The monoisotopic (exact) mass is 396 g/mol. The van der Waals surface area contributed by atoms with Gasteiger partial charge in [0.1, 0.15) is 12.4 Å². The van der Waals surface area contributed by atoms with Crippen LogP contribution in [0.3, 0.4) is 0 Å². The van der Waals surface area contributed by atoms with Gasteiger partial charge < -0.3 is 18.9 Å². The van der Waals surface area contributed by atoms with Gasteiger partial charge in [-0.05, 0) is 20.3 Å². The molecule has 2 rings (SSSR count). The summed E-state index contributed by atoms with van der Waals surface area (Å²) in [5, 5.41) is 2.86. The third-order valence-corrected chi connectivity index (χ3v) is 4.14. The summed E-state index contributed by atoms with van der Waals surface area (Å²) in [6.07, 6.45) is 0.992. The Hall–Kier alpha value is -1.46. The fourth-order valence-electron chi connectivity index (χ4n) is 2.49. The van der Waals surface area contributed by atoms with E-state index in [0.29, 0.717) is 12.4 Å². The fourth-order valence-corrected chi connectivity index (χ4v) is 3.00. The zero-order valence-electron chi connectivity index (χ0n) is 14.7. The van der Waals surface area contributed by atoms with Crippen molar-refractivity contribution in [2.24, 2.45) is 0 Å². The first-order valence-corrected chi connectivity index (χ1v) is 9.20. The van der Waals surface area contributed by atoms with E-state index in [9.17, 15) is 0 Å². The van der Waals surface area contributed by atoms with Crippen LogP contribution in [0.4, 0.5) is 0 Å². The maximum atomic E-state index is 6.05. The van der Waals surface area contributed by atoms with Crippen molar-refractivity contribution in [3.05, 3.63) is 30.3 Å². The lowest BCUT2D eigenvalue weighted by Gasteiger charge is -2.20. The molecule has 0 aliphatic carbocycles. The van der Waals surface area contributed by atoms with Crippen LogP contribution in [0.1, 0.15) is 20.3 Å². The highest BCUT2D eigenvalue weighted by molar-refractivity contribution is 9.09. The second-order valence-electron chi connectivity index (χ2n) is 5.76. The van der Waals surface area contributed by atoms with E-state index in [4.69, 9.17) is 18.9 Å². The number of methoxy groups -OCH3 is 2. The highest BCUT2D eigenvalue weighted by Gasteiger charge is 2.17. The summed E-state index contributed by atoms with van der Waals surface area (Å²) in [4.78, 5) is 0. The van der Waals surface area contributed by atoms with Crippen molar-refractivity contribution in [3.63, 3.8) is 0 Å². The van der Waals surface area contributed by atoms with Crippen LogP contribution < -0.4 is 14.2 Å². The van der Waals surface area contributed by atoms with E-state index in [-0.39, 0.29) is 12.2 Å². The number of halogens is 1. The highest BCUT2D eigenvalue weighted by Crippen LogP contribution is 2.42. The molecule has 0 amide bonds. The SMILES string of the molecule is COc1cc(OCC(CCBr)OC)c2ccccc2c1OC(C)C. The van der Waals surface area contributed by atoms with Gasteiger partial charge in [-0.3, -0.25) is 0 Å². The molecule has 0 fully saturated rings. The van der Waals surface area contributed by atoms with Crippen LogP contribution in [0.5, 0.6) is 17.2 Å². The van der Waals surface area contributed by atoms with Crippen molar-refractivity contribution >= 4 is 26.7 Å². The second kappa shape index (κ2) is 9.14. The number of benzene rings is 2. The van der Waals surface area contributed by atoms with E-state index >= 15 is 0 Å². The summed E-state index contributed by atoms with van der Waals surface area (Å²) < 4.78 is 23.0. The first kappa shape index (κ1) is 18.9. The Bertz CT molecular complexity index is 657. The lowest BCUT2D eigenvalue weighted by molar-refractivity contribution is 0.0570. The summed E-state index contributed by atoms with van der Waals surface area (Å²) in [7, 11) is 3.35. The molecule has 132 valence electrons. The normalized spacial score (nSPS) is 12.4. The molecule has 0 aromatic heterocycles. The Morgan fingerprint density at radius 2 is 1.75 bits per heavy atom. The van der Waals surface area contributed by atoms with E-state index in [1.165, 1.54) is 0 Å². The van der Waals surface area contributed by atoms with Crippen LogP contribution in [0.15, 0.2) is 30.3 Å². The lowest BCUT2D eigenvalue weighted by Crippen LogP contribution is -2.20. The van der Waals surface area contributed by atoms with E-state index in [1.807, 2.05) is 44.2 Å². The highest BCUT2D eigenvalue weighted by atomic mass is 79.9. The third kappa shape index (κ3) is 4.54. The molecule has 2 aromatic rings. The van der Waals surface area contributed by atoms with Gasteiger partial charge in [0.15, 0.2) is 11.5 Å². The molecule has 0 bridgehead atoms. The van der Waals surface area contributed by atoms with Gasteiger partial charge in [0.05, 0.1) is 19.3 Å². The fraction of sp³-hybridized carbons (Fsp3) is 0.474. The Morgan fingerprint density at radius 3 is 2.33 bits per heavy atom. The van der Waals surface area contributed by atoms with Gasteiger partial charge in [0, 0.05) is 29.3 Å². The van der Waals surface area contributed by atoms with Crippen molar-refractivity contribution in [1.82, 2.24) is 0 Å². The molecule has 0 heterocycles. The van der Waals surface area contributed by atoms with E-state index < -0.39 is 0 Å². The summed E-state index contributed by atoms with van der Waals surface area (Å²) in [5.41, 5.74) is 0. The average Bonchev–Trinajstić information content (AvgIpc) is 2.59. The first-order chi connectivity index (χ1) is 11.6. The molecule has 0 aliphatic rings. The predicted octanol–water partition coefficient (Wildman–Crippen LogP) is 4.81. The molecular weight excluding hydrogens is 372 g/mol. The summed E-state index contributed by atoms with van der Waals surface area (Å²) >= 11 is 3.44. The standard InChI is InChI=1S/C19H25BrO4/c1-13(2)24-19-16-8-6-5-7-15(16)17(11-18(19)22-4)23-12-14(21-3)9-10-20/h5-8,11,13-14H,9-10,12H2,1-4H3. The zero-order chi connectivity index (χ0) is 17.5. The number of hydrogen-bond acceptors (Lipinski definition) is 4. The van der Waals surface area contributed by atoms with Crippen molar-refractivity contribution in [2.75, 3.05) is 26.2 Å². The molecule has 0 N–H and O–H groups in total. The molecule has 2 aromatic carbocycles. The summed E-state index contributed by atoms with van der Waals surface area (Å²) in [5.74, 6) is 2.20. The van der Waals surface area contributed by atoms with Gasteiger partial charge in [0.25, 0.3) is 0 Å². The largest absolute Gasteiger partial charge is 0.493 e. The van der Waals surface area contributed by atoms with Crippen LogP contribution in [0, 0.1) is 0 Å². The molecule has 4 nitrogen and oxygen atoms in total. The second-order valence-corrected chi connectivity index (χ2v) is 6.56. The molecule has 24 heavy (non-hydrogen) atoms. The molecule has 1 atom stereocenters. The van der Waals surface area contributed by atoms with E-state index in [2.05, 4.69) is 15.9 Å². The van der Waals surface area contributed by atoms with Gasteiger partial charge in [0.2, 0.25) is 0 Å². The smallest absolute Gasteiger partial charge is 0.169 e. The number of fused-ring (bicyclic) bond motifs is 1. The molecule has 0 saturated carbocycles. The van der Waals surface area contributed by atoms with Crippen molar-refractivity contribution < 1.29 is 18.9 Å². The zero-order valence-corrected chi connectivity index (χ0v) is 16.3. The molecule has 5 heteroatoms. The number of alkyl halides is 1. The van der Waals surface area contributed by atoms with Crippen LogP contribution in [-0.4, -0.2) is 38.4 Å². The van der Waals surface area contributed by atoms with Crippen molar-refractivity contribution in [2.45, 2.75) is 32.5 Å². The third-order valence-electron chi connectivity index (χ3n) is 3.69. The van der Waals surface area contributed by atoms with Gasteiger partial charge in [-0.2, -0.15) is 0 Å². The van der Waals surface area contributed by atoms with Gasteiger partial charge in [-0.25, -0.2) is 0 Å². The minimum Gasteiger partial charge on any atom is -0.493 e.